The third-order valence-electron chi connectivity index (χ3n) is 7.10. The molecule has 3 heterocycles. The van der Waals surface area contributed by atoms with E-state index in [1.165, 1.54) is 0 Å². The largest absolute Gasteiger partial charge is 0.492 e. The fourth-order valence-electron chi connectivity index (χ4n) is 5.43. The van der Waals surface area contributed by atoms with Gasteiger partial charge in [0.2, 0.25) is 0 Å². The van der Waals surface area contributed by atoms with Crippen molar-refractivity contribution in [2.24, 2.45) is 0 Å². The minimum atomic E-state index is -4.52. The number of hydrogen-bond acceptors (Lipinski definition) is 5. The Morgan fingerprint density at radius 2 is 1.85 bits per heavy atom. The second-order valence-corrected chi connectivity index (χ2v) is 11.4. The zero-order valence-electron chi connectivity index (χ0n) is 22.6. The molecule has 208 valence electrons. The van der Waals surface area contributed by atoms with Crippen LogP contribution in [0.5, 0.6) is 5.75 Å². The summed E-state index contributed by atoms with van der Waals surface area (Å²) in [4.78, 5) is 21.2. The van der Waals surface area contributed by atoms with E-state index in [-0.39, 0.29) is 41.7 Å². The number of anilines is 2. The van der Waals surface area contributed by atoms with Gasteiger partial charge in [-0.15, -0.1) is 0 Å². The van der Waals surface area contributed by atoms with Crippen LogP contribution in [-0.4, -0.2) is 64.7 Å². The summed E-state index contributed by atoms with van der Waals surface area (Å²) in [6.07, 6.45) is -3.62. The minimum absolute atomic E-state index is 0.0490. The van der Waals surface area contributed by atoms with Crippen LogP contribution < -0.4 is 15.4 Å². The fourth-order valence-corrected chi connectivity index (χ4v) is 5.43. The highest BCUT2D eigenvalue weighted by Gasteiger charge is 2.45. The van der Waals surface area contributed by atoms with Crippen LogP contribution in [0.1, 0.15) is 38.4 Å². The lowest BCUT2D eigenvalue weighted by molar-refractivity contribution is -0.137. The van der Waals surface area contributed by atoms with Crippen LogP contribution in [0, 0.1) is 6.92 Å². The van der Waals surface area contributed by atoms with Crippen molar-refractivity contribution in [3.8, 4) is 5.75 Å². The van der Waals surface area contributed by atoms with Gasteiger partial charge >= 0.3 is 12.2 Å². The summed E-state index contributed by atoms with van der Waals surface area (Å²) in [6.45, 7) is 9.91. The minimum Gasteiger partial charge on any atom is -0.492 e. The highest BCUT2D eigenvalue weighted by Crippen LogP contribution is 2.36. The molecule has 39 heavy (non-hydrogen) atoms. The quantitative estimate of drug-likeness (QED) is 0.404. The number of aryl methyl sites for hydroxylation is 1. The Bertz CT molecular complexity index is 1370. The average Bonchev–Trinajstić information content (AvgIpc) is 3.43. The number of amides is 2. The van der Waals surface area contributed by atoms with Gasteiger partial charge in [-0.3, -0.25) is 9.88 Å². The molecule has 2 unspecified atom stereocenters. The Morgan fingerprint density at radius 1 is 1.08 bits per heavy atom. The fraction of sp³-hybridized carbons (Fsp3) is 0.448. The molecule has 2 aliphatic heterocycles. The molecule has 2 saturated heterocycles. The first kappa shape index (κ1) is 27.1. The number of carbonyl (C=O) groups is 1. The lowest BCUT2D eigenvalue weighted by Gasteiger charge is -2.35. The predicted octanol–water partition coefficient (Wildman–Crippen LogP) is 5.95. The number of rotatable bonds is 6. The van der Waals surface area contributed by atoms with Crippen molar-refractivity contribution in [2.45, 2.75) is 57.9 Å². The molecule has 0 spiro atoms. The van der Waals surface area contributed by atoms with Gasteiger partial charge in [-0.2, -0.15) is 13.2 Å². The maximum absolute atomic E-state index is 13.7. The topological polar surface area (TPSA) is 69.7 Å². The van der Waals surface area contributed by atoms with Crippen LogP contribution in [0.2, 0.25) is 0 Å². The number of piperazine rings is 1. The van der Waals surface area contributed by atoms with Crippen LogP contribution in [-0.2, 0) is 6.18 Å². The number of alkyl halides is 3. The predicted molar refractivity (Wildman–Crippen MR) is 145 cm³/mol. The van der Waals surface area contributed by atoms with Crippen LogP contribution in [0.3, 0.4) is 0 Å². The normalized spacial score (nSPS) is 19.5. The molecule has 1 aromatic heterocycles. The van der Waals surface area contributed by atoms with Crippen molar-refractivity contribution >= 4 is 28.3 Å². The van der Waals surface area contributed by atoms with Gasteiger partial charge in [0, 0.05) is 65.8 Å². The number of aromatic nitrogens is 1. The highest BCUT2D eigenvalue weighted by atomic mass is 19.4. The Kier molecular flexibility index (Phi) is 7.09. The number of benzene rings is 2. The lowest BCUT2D eigenvalue weighted by atomic mass is 10.1. The van der Waals surface area contributed by atoms with Crippen LogP contribution >= 0.6 is 0 Å². The molecule has 0 saturated carbocycles. The number of fused-ring (bicyclic) bond motifs is 3. The van der Waals surface area contributed by atoms with Crippen molar-refractivity contribution in [3.05, 3.63) is 59.8 Å². The molecular formula is C29H34F3N5O2. The summed E-state index contributed by atoms with van der Waals surface area (Å²) in [5.74, 6) is 0.151. The summed E-state index contributed by atoms with van der Waals surface area (Å²) >= 11 is 0. The number of para-hydroxylation sites is 1. The Morgan fingerprint density at radius 3 is 2.54 bits per heavy atom. The van der Waals surface area contributed by atoms with E-state index < -0.39 is 11.7 Å². The molecule has 2 atom stereocenters. The molecule has 3 aromatic rings. The number of carbonyl (C=O) groups excluding carboxylic acids is 1. The monoisotopic (exact) mass is 541 g/mol. The van der Waals surface area contributed by atoms with E-state index >= 15 is 0 Å². The number of nitrogens with one attached hydrogen (secondary N) is 2. The molecule has 2 amide bonds. The summed E-state index contributed by atoms with van der Waals surface area (Å²) in [6, 6.07) is 13.3. The number of pyridine rings is 1. The van der Waals surface area contributed by atoms with Gasteiger partial charge in [-0.1, -0.05) is 18.2 Å². The number of nitrogens with zero attached hydrogens (tertiary/aromatic N) is 3. The standard InChI is InChI=1S/C29H34F3N5O2/c1-18-11-26(24-7-5-6-8-25(24)33-18)34-20-12-19(29(30,31)32)13-23(14-20)39-10-9-36-16-22-15-21(36)17-37(22)27(38)35-28(2,3)4/h5-8,11-14,21-22H,9-10,15-17H2,1-4H3,(H,33,34)(H,35,38). The van der Waals surface area contributed by atoms with Crippen LogP contribution in [0.15, 0.2) is 48.5 Å². The zero-order valence-corrected chi connectivity index (χ0v) is 22.6. The van der Waals surface area contributed by atoms with Crippen LogP contribution in [0.4, 0.5) is 29.3 Å². The highest BCUT2D eigenvalue weighted by molar-refractivity contribution is 5.93. The van der Waals surface area contributed by atoms with Gasteiger partial charge < -0.3 is 20.3 Å². The zero-order chi connectivity index (χ0) is 27.9. The Balaban J connectivity index is 1.25. The van der Waals surface area contributed by atoms with Gasteiger partial charge in [0.15, 0.2) is 0 Å². The van der Waals surface area contributed by atoms with Gasteiger partial charge in [0.1, 0.15) is 12.4 Å². The van der Waals surface area contributed by atoms with Crippen LogP contribution in [0.25, 0.3) is 10.9 Å². The van der Waals surface area contributed by atoms with Gasteiger partial charge in [-0.05, 0) is 58.4 Å². The third kappa shape index (κ3) is 6.21. The maximum Gasteiger partial charge on any atom is 0.416 e. The molecule has 0 radical (unpaired) electrons. The first-order chi connectivity index (χ1) is 18.4. The first-order valence-electron chi connectivity index (χ1n) is 13.2. The van der Waals surface area contributed by atoms with E-state index in [1.54, 1.807) is 6.07 Å². The molecule has 2 bridgehead atoms. The maximum atomic E-state index is 13.7. The van der Waals surface area contributed by atoms with Gasteiger partial charge in [0.25, 0.3) is 0 Å². The van der Waals surface area contributed by atoms with Gasteiger partial charge in [0.05, 0.1) is 11.1 Å². The number of halogens is 3. The molecule has 7 nitrogen and oxygen atoms in total. The number of hydrogen-bond donors (Lipinski definition) is 2. The van der Waals surface area contributed by atoms with Gasteiger partial charge in [-0.25, -0.2) is 4.79 Å². The van der Waals surface area contributed by atoms with E-state index in [9.17, 15) is 18.0 Å². The second kappa shape index (κ2) is 10.2. The number of likely N-dealkylation sites (tertiary alicyclic amines) is 2. The number of ether oxygens (including phenoxy) is 1. The van der Waals surface area contributed by atoms with Crippen molar-refractivity contribution in [3.63, 3.8) is 0 Å². The Hall–Kier alpha value is -3.53. The van der Waals surface area contributed by atoms with Crippen molar-refractivity contribution < 1.29 is 22.7 Å². The smallest absolute Gasteiger partial charge is 0.416 e. The van der Waals surface area contributed by atoms with E-state index in [0.29, 0.717) is 18.8 Å². The SMILES string of the molecule is Cc1cc(Nc2cc(OCCN3CC4CC3CN4C(=O)NC(C)(C)C)cc(C(F)(F)F)c2)c2ccccc2n1. The third-order valence-corrected chi connectivity index (χ3v) is 7.10. The average molecular weight is 542 g/mol. The molecule has 2 N–H and O–H groups in total. The van der Waals surface area contributed by atoms with Crippen molar-refractivity contribution in [2.75, 3.05) is 31.6 Å². The summed E-state index contributed by atoms with van der Waals surface area (Å²) < 4.78 is 47.1. The summed E-state index contributed by atoms with van der Waals surface area (Å²) in [7, 11) is 0. The van der Waals surface area contributed by atoms with E-state index in [2.05, 4.69) is 20.5 Å². The molecule has 5 rings (SSSR count). The molecule has 2 fully saturated rings. The second-order valence-electron chi connectivity index (χ2n) is 11.4. The van der Waals surface area contributed by atoms with E-state index in [1.807, 2.05) is 62.9 Å². The molecule has 10 heteroatoms. The Labute approximate surface area is 226 Å². The summed E-state index contributed by atoms with van der Waals surface area (Å²) in [5, 5.41) is 6.99. The lowest BCUT2D eigenvalue weighted by Crippen LogP contribution is -2.55. The first-order valence-corrected chi connectivity index (χ1v) is 13.2. The molecule has 0 aliphatic carbocycles. The summed E-state index contributed by atoms with van der Waals surface area (Å²) in [5.41, 5.74) is 1.41. The molecule has 2 aromatic carbocycles. The van der Waals surface area contributed by atoms with Crippen molar-refractivity contribution in [1.82, 2.24) is 20.1 Å². The number of urea groups is 1. The molecular weight excluding hydrogens is 507 g/mol. The van der Waals surface area contributed by atoms with Crippen molar-refractivity contribution in [1.29, 1.82) is 0 Å². The van der Waals surface area contributed by atoms with E-state index in [0.717, 1.165) is 41.7 Å². The molecule has 2 aliphatic rings. The van der Waals surface area contributed by atoms with E-state index in [4.69, 9.17) is 4.74 Å².